The van der Waals surface area contributed by atoms with Gasteiger partial charge in [0, 0.05) is 25.3 Å². The number of fused-ring (bicyclic) bond motifs is 3. The molecule has 8 heteroatoms. The van der Waals surface area contributed by atoms with Crippen molar-refractivity contribution >= 4 is 34.3 Å². The summed E-state index contributed by atoms with van der Waals surface area (Å²) >= 11 is 1.58. The first kappa shape index (κ1) is 22.1. The highest BCUT2D eigenvalue weighted by Crippen LogP contribution is 2.25. The molecule has 4 aromatic rings. The van der Waals surface area contributed by atoms with E-state index in [2.05, 4.69) is 34.6 Å². The lowest BCUT2D eigenvalue weighted by Crippen LogP contribution is -2.30. The lowest BCUT2D eigenvalue weighted by molar-refractivity contribution is -0.121. The normalized spacial score (nSPS) is 11.5. The average Bonchev–Trinajstić information content (AvgIpc) is 3.21. The van der Waals surface area contributed by atoms with E-state index in [-0.39, 0.29) is 24.4 Å². The van der Waals surface area contributed by atoms with Crippen LogP contribution in [0, 0.1) is 12.8 Å². The van der Waals surface area contributed by atoms with Gasteiger partial charge in [-0.15, -0.1) is 10.2 Å². The number of nitrogens with zero attached hydrogens (tertiary/aromatic N) is 4. The zero-order valence-corrected chi connectivity index (χ0v) is 19.4. The van der Waals surface area contributed by atoms with Crippen LogP contribution in [-0.2, 0) is 17.1 Å². The number of aromatic nitrogens is 4. The van der Waals surface area contributed by atoms with Crippen molar-refractivity contribution in [2.24, 2.45) is 5.92 Å². The number of aryl methyl sites for hydroxylation is 2. The molecule has 7 nitrogen and oxygen atoms in total. The van der Waals surface area contributed by atoms with Gasteiger partial charge in [0.25, 0.3) is 5.56 Å². The maximum atomic E-state index is 13.2. The van der Waals surface area contributed by atoms with Crippen molar-refractivity contribution in [3.8, 4) is 0 Å². The van der Waals surface area contributed by atoms with Crippen molar-refractivity contribution in [2.75, 3.05) is 6.54 Å². The zero-order valence-electron chi connectivity index (χ0n) is 18.5. The first-order chi connectivity index (χ1) is 15.5. The summed E-state index contributed by atoms with van der Waals surface area (Å²) in [6, 6.07) is 15.7. The molecule has 0 unspecified atom stereocenters. The van der Waals surface area contributed by atoms with Gasteiger partial charge in [0.15, 0.2) is 5.16 Å². The summed E-state index contributed by atoms with van der Waals surface area (Å²) in [5.74, 6) is 1.50. The molecule has 0 spiro atoms. The van der Waals surface area contributed by atoms with Crippen LogP contribution in [0.4, 0.5) is 0 Å². The molecule has 2 aromatic carbocycles. The maximum Gasteiger partial charge on any atom is 0.262 e. The number of amides is 1. The number of thioether (sulfide) groups is 1. The topological polar surface area (TPSA) is 81.3 Å². The van der Waals surface area contributed by atoms with Gasteiger partial charge in [-0.1, -0.05) is 62.0 Å². The molecule has 0 saturated carbocycles. The van der Waals surface area contributed by atoms with Gasteiger partial charge in [0.1, 0.15) is 0 Å². The largest absolute Gasteiger partial charge is 0.356 e. The van der Waals surface area contributed by atoms with Crippen LogP contribution in [0.15, 0.2) is 58.5 Å². The molecule has 0 aliphatic carbocycles. The molecule has 0 atom stereocenters. The molecule has 0 fully saturated rings. The van der Waals surface area contributed by atoms with Crippen LogP contribution in [0.5, 0.6) is 0 Å². The first-order valence-corrected chi connectivity index (χ1v) is 11.7. The quantitative estimate of drug-likeness (QED) is 0.414. The van der Waals surface area contributed by atoms with E-state index in [4.69, 9.17) is 0 Å². The van der Waals surface area contributed by atoms with Gasteiger partial charge in [-0.3, -0.25) is 18.6 Å². The van der Waals surface area contributed by atoms with Gasteiger partial charge in [-0.2, -0.15) is 0 Å². The molecule has 0 aliphatic heterocycles. The van der Waals surface area contributed by atoms with Gasteiger partial charge in [0.05, 0.1) is 10.9 Å². The monoisotopic (exact) mass is 449 g/mol. The molecule has 2 heterocycles. The van der Waals surface area contributed by atoms with Gasteiger partial charge < -0.3 is 5.32 Å². The minimum atomic E-state index is -0.160. The Kier molecular flexibility index (Phi) is 6.60. The number of carbonyl (C=O) groups is 1. The number of para-hydroxylation sites is 1. The summed E-state index contributed by atoms with van der Waals surface area (Å²) in [5, 5.41) is 12.9. The van der Waals surface area contributed by atoms with Crippen molar-refractivity contribution in [2.45, 2.75) is 44.6 Å². The Morgan fingerprint density at radius 1 is 1.09 bits per heavy atom. The minimum absolute atomic E-state index is 0.0782. The standard InChI is InChI=1S/C24H27N5O2S/c1-16(2)14-25-21(30)12-13-28-22(31)19-10-6-7-11-20(19)29-23(28)26-27-24(29)32-15-18-9-5-4-8-17(18)3/h4-11,16H,12-15H2,1-3H3,(H,25,30). The van der Waals surface area contributed by atoms with Crippen LogP contribution in [0.1, 0.15) is 31.4 Å². The number of benzene rings is 2. The lowest BCUT2D eigenvalue weighted by Gasteiger charge is -2.12. The highest BCUT2D eigenvalue weighted by molar-refractivity contribution is 7.98. The van der Waals surface area contributed by atoms with Crippen molar-refractivity contribution in [3.05, 3.63) is 70.0 Å². The summed E-state index contributed by atoms with van der Waals surface area (Å²) in [4.78, 5) is 25.5. The second-order valence-corrected chi connectivity index (χ2v) is 9.20. The van der Waals surface area contributed by atoms with E-state index in [0.717, 1.165) is 16.4 Å². The third-order valence-corrected chi connectivity index (χ3v) is 6.34. The van der Waals surface area contributed by atoms with Crippen LogP contribution in [0.2, 0.25) is 0 Å². The van der Waals surface area contributed by atoms with Crippen LogP contribution < -0.4 is 10.9 Å². The van der Waals surface area contributed by atoms with Gasteiger partial charge >= 0.3 is 0 Å². The number of nitrogens with one attached hydrogen (secondary N) is 1. The number of hydrogen-bond acceptors (Lipinski definition) is 5. The van der Waals surface area contributed by atoms with Crippen molar-refractivity contribution in [1.29, 1.82) is 0 Å². The molecule has 4 rings (SSSR count). The Hall–Kier alpha value is -3.13. The van der Waals surface area contributed by atoms with E-state index >= 15 is 0 Å². The molecule has 0 saturated heterocycles. The van der Waals surface area contributed by atoms with E-state index in [0.29, 0.717) is 23.6 Å². The van der Waals surface area contributed by atoms with Crippen LogP contribution in [-0.4, -0.2) is 31.6 Å². The Balaban J connectivity index is 1.70. The molecule has 1 N–H and O–H groups in total. The molecule has 0 bridgehead atoms. The van der Waals surface area contributed by atoms with Gasteiger partial charge in [0.2, 0.25) is 11.7 Å². The van der Waals surface area contributed by atoms with E-state index in [1.165, 1.54) is 11.1 Å². The predicted molar refractivity (Wildman–Crippen MR) is 128 cm³/mol. The number of carbonyl (C=O) groups excluding carboxylic acids is 1. The molecule has 166 valence electrons. The summed E-state index contributed by atoms with van der Waals surface area (Å²) in [5.41, 5.74) is 3.06. The molecule has 1 amide bonds. The molecule has 2 aromatic heterocycles. The number of rotatable bonds is 8. The third-order valence-electron chi connectivity index (χ3n) is 5.37. The van der Waals surface area contributed by atoms with Crippen molar-refractivity contribution < 1.29 is 4.79 Å². The van der Waals surface area contributed by atoms with Crippen LogP contribution in [0.25, 0.3) is 16.7 Å². The lowest BCUT2D eigenvalue weighted by atomic mass is 10.1. The Morgan fingerprint density at radius 3 is 2.62 bits per heavy atom. The Labute approximate surface area is 190 Å². The van der Waals surface area contributed by atoms with Gasteiger partial charge in [-0.05, 0) is 36.1 Å². The summed E-state index contributed by atoms with van der Waals surface area (Å²) in [7, 11) is 0. The SMILES string of the molecule is Cc1ccccc1CSc1nnc2n(CCC(=O)NCC(C)C)c(=O)c3ccccc3n12. The Bertz CT molecular complexity index is 1330. The zero-order chi connectivity index (χ0) is 22.7. The first-order valence-electron chi connectivity index (χ1n) is 10.8. The maximum absolute atomic E-state index is 13.2. The van der Waals surface area contributed by atoms with E-state index in [1.54, 1.807) is 16.3 Å². The van der Waals surface area contributed by atoms with E-state index < -0.39 is 0 Å². The van der Waals surface area contributed by atoms with E-state index in [9.17, 15) is 9.59 Å². The van der Waals surface area contributed by atoms with Crippen LogP contribution >= 0.6 is 11.8 Å². The fourth-order valence-electron chi connectivity index (χ4n) is 3.56. The minimum Gasteiger partial charge on any atom is -0.356 e. The van der Waals surface area contributed by atoms with E-state index in [1.807, 2.05) is 54.6 Å². The summed E-state index contributed by atoms with van der Waals surface area (Å²) in [6.07, 6.45) is 0.208. The van der Waals surface area contributed by atoms with Gasteiger partial charge in [-0.25, -0.2) is 0 Å². The van der Waals surface area contributed by atoms with Crippen molar-refractivity contribution in [3.63, 3.8) is 0 Å². The average molecular weight is 450 g/mol. The predicted octanol–water partition coefficient (Wildman–Crippen LogP) is 3.81. The molecule has 0 radical (unpaired) electrons. The second kappa shape index (κ2) is 9.56. The third kappa shape index (κ3) is 4.55. The summed E-state index contributed by atoms with van der Waals surface area (Å²) < 4.78 is 3.48. The van der Waals surface area contributed by atoms with Crippen molar-refractivity contribution in [1.82, 2.24) is 24.5 Å². The molecule has 32 heavy (non-hydrogen) atoms. The fraction of sp³-hybridized carbons (Fsp3) is 0.333. The van der Waals surface area contributed by atoms with Crippen LogP contribution in [0.3, 0.4) is 0 Å². The highest BCUT2D eigenvalue weighted by atomic mass is 32.2. The highest BCUT2D eigenvalue weighted by Gasteiger charge is 2.17. The fourth-order valence-corrected chi connectivity index (χ4v) is 4.58. The summed E-state index contributed by atoms with van der Waals surface area (Å²) in [6.45, 7) is 7.05. The second-order valence-electron chi connectivity index (χ2n) is 8.26. The molecule has 0 aliphatic rings. The number of hydrogen-bond donors (Lipinski definition) is 1. The molecular weight excluding hydrogens is 422 g/mol. The smallest absolute Gasteiger partial charge is 0.262 e. The Morgan fingerprint density at radius 2 is 1.84 bits per heavy atom. The molecular formula is C24H27N5O2S.